The Bertz CT molecular complexity index is 833. The highest BCUT2D eigenvalue weighted by molar-refractivity contribution is 5.81. The Morgan fingerprint density at radius 2 is 2.07 bits per heavy atom. The number of aromatic amines is 1. The fourth-order valence-corrected chi connectivity index (χ4v) is 2.32. The lowest BCUT2D eigenvalue weighted by Crippen LogP contribution is -2.37. The number of H-pyrrole nitrogens is 1. The summed E-state index contributed by atoms with van der Waals surface area (Å²) in [7, 11) is 0. The number of amides is 1. The van der Waals surface area contributed by atoms with Crippen LogP contribution < -0.4 is 16.6 Å². The second kappa shape index (κ2) is 8.02. The Morgan fingerprint density at radius 1 is 1.41 bits per heavy atom. The van der Waals surface area contributed by atoms with E-state index in [0.29, 0.717) is 4.57 Å². The molecule has 1 aliphatic rings. The normalized spacial score (nSPS) is 25.9. The van der Waals surface area contributed by atoms with Gasteiger partial charge >= 0.3 is 17.8 Å². The summed E-state index contributed by atoms with van der Waals surface area (Å²) < 4.78 is 55.9. The Hall–Kier alpha value is -2.51. The number of halogens is 4. The quantitative estimate of drug-likeness (QED) is 0.462. The second-order valence-electron chi connectivity index (χ2n) is 5.54. The molecule has 9 nitrogen and oxygen atoms in total. The molecule has 150 valence electrons. The smallest absolute Gasteiger partial charge is 0.394 e. The molecule has 1 saturated heterocycles. The van der Waals surface area contributed by atoms with E-state index in [-0.39, 0.29) is 5.56 Å². The van der Waals surface area contributed by atoms with Gasteiger partial charge in [-0.25, -0.2) is 9.18 Å². The second-order valence-corrected chi connectivity index (χ2v) is 5.54. The fraction of sp³-hybridized carbons (Fsp3) is 0.500. The lowest BCUT2D eigenvalue weighted by atomic mass is 10.1. The average molecular weight is 397 g/mol. The largest absolute Gasteiger partial charge is 0.471 e. The van der Waals surface area contributed by atoms with Crippen LogP contribution in [0.25, 0.3) is 6.08 Å². The van der Waals surface area contributed by atoms with Gasteiger partial charge in [-0.2, -0.15) is 13.2 Å². The van der Waals surface area contributed by atoms with Crippen molar-refractivity contribution in [1.82, 2.24) is 14.9 Å². The number of carbonyl (C=O) groups excluding carboxylic acids is 1. The van der Waals surface area contributed by atoms with Crippen molar-refractivity contribution in [3.05, 3.63) is 38.7 Å². The van der Waals surface area contributed by atoms with Crippen LogP contribution in [0.4, 0.5) is 17.6 Å². The van der Waals surface area contributed by atoms with Crippen molar-refractivity contribution in [3.63, 3.8) is 0 Å². The predicted octanol–water partition coefficient (Wildman–Crippen LogP) is -1.18. The number of alkyl halides is 4. The van der Waals surface area contributed by atoms with Gasteiger partial charge < -0.3 is 20.3 Å². The number of nitrogens with one attached hydrogen (secondary N) is 2. The first-order valence-electron chi connectivity index (χ1n) is 7.51. The highest BCUT2D eigenvalue weighted by Crippen LogP contribution is 2.30. The molecular formula is C14H15F4N3O6. The Labute approximate surface area is 147 Å². The van der Waals surface area contributed by atoms with Crippen LogP contribution in [0.5, 0.6) is 0 Å². The van der Waals surface area contributed by atoms with Crippen LogP contribution in [0, 0.1) is 0 Å². The molecule has 0 spiro atoms. The zero-order valence-corrected chi connectivity index (χ0v) is 13.4. The number of aliphatic hydroxyl groups is 2. The van der Waals surface area contributed by atoms with E-state index in [1.165, 1.54) is 0 Å². The van der Waals surface area contributed by atoms with E-state index in [9.17, 15) is 37.1 Å². The van der Waals surface area contributed by atoms with Crippen LogP contribution in [0.2, 0.25) is 0 Å². The molecule has 1 amide bonds. The molecule has 1 aliphatic heterocycles. The summed E-state index contributed by atoms with van der Waals surface area (Å²) >= 11 is 0. The minimum absolute atomic E-state index is 0.242. The van der Waals surface area contributed by atoms with Crippen molar-refractivity contribution in [3.8, 4) is 0 Å². The molecule has 0 aromatic carbocycles. The molecule has 0 radical (unpaired) electrons. The molecular weight excluding hydrogens is 382 g/mol. The average Bonchev–Trinajstić information content (AvgIpc) is 2.87. The van der Waals surface area contributed by atoms with Gasteiger partial charge in [-0.3, -0.25) is 19.1 Å². The van der Waals surface area contributed by atoms with Gasteiger partial charge in [0.25, 0.3) is 5.56 Å². The Kier molecular flexibility index (Phi) is 6.18. The monoisotopic (exact) mass is 397 g/mol. The van der Waals surface area contributed by atoms with E-state index < -0.39 is 61.1 Å². The SMILES string of the molecule is O=C(NC/C=C/c1cn([C@@H]2O[C@H](CO)C(O)[C@@H]2F)c(=O)[nH]c1=O)C(F)(F)F. The molecule has 13 heteroatoms. The minimum Gasteiger partial charge on any atom is -0.394 e. The van der Waals surface area contributed by atoms with Gasteiger partial charge in [-0.05, 0) is 0 Å². The van der Waals surface area contributed by atoms with Gasteiger partial charge in [-0.1, -0.05) is 12.2 Å². The predicted molar refractivity (Wildman–Crippen MR) is 81.3 cm³/mol. The highest BCUT2D eigenvalue weighted by Gasteiger charge is 2.45. The molecule has 1 fully saturated rings. The molecule has 2 heterocycles. The lowest BCUT2D eigenvalue weighted by molar-refractivity contribution is -0.173. The van der Waals surface area contributed by atoms with Crippen LogP contribution in [0.15, 0.2) is 21.9 Å². The van der Waals surface area contributed by atoms with E-state index in [1.54, 1.807) is 5.32 Å². The summed E-state index contributed by atoms with van der Waals surface area (Å²) in [5, 5.41) is 20.2. The Morgan fingerprint density at radius 3 is 2.63 bits per heavy atom. The molecule has 27 heavy (non-hydrogen) atoms. The van der Waals surface area contributed by atoms with Crippen molar-refractivity contribution in [1.29, 1.82) is 0 Å². The first kappa shape index (κ1) is 20.8. The zero-order chi connectivity index (χ0) is 20.4. The van der Waals surface area contributed by atoms with Gasteiger partial charge in [-0.15, -0.1) is 0 Å². The number of nitrogens with zero attached hydrogens (tertiary/aromatic N) is 1. The van der Waals surface area contributed by atoms with Crippen molar-refractivity contribution in [2.45, 2.75) is 30.8 Å². The molecule has 1 aromatic rings. The number of aliphatic hydroxyl groups excluding tert-OH is 2. The van der Waals surface area contributed by atoms with Crippen molar-refractivity contribution in [2.24, 2.45) is 0 Å². The number of ether oxygens (including phenoxy) is 1. The van der Waals surface area contributed by atoms with E-state index >= 15 is 0 Å². The molecule has 4 N–H and O–H groups in total. The van der Waals surface area contributed by atoms with Crippen molar-refractivity contribution in [2.75, 3.05) is 13.2 Å². The third kappa shape index (κ3) is 4.61. The molecule has 0 aliphatic carbocycles. The number of hydrogen-bond donors (Lipinski definition) is 4. The van der Waals surface area contributed by atoms with Crippen molar-refractivity contribution < 1.29 is 37.3 Å². The summed E-state index contributed by atoms with van der Waals surface area (Å²) in [5.41, 5.74) is -2.21. The minimum atomic E-state index is -5.06. The van der Waals surface area contributed by atoms with Crippen LogP contribution in [-0.4, -0.2) is 63.4 Å². The van der Waals surface area contributed by atoms with E-state index in [0.717, 1.165) is 18.3 Å². The van der Waals surface area contributed by atoms with Crippen molar-refractivity contribution >= 4 is 12.0 Å². The topological polar surface area (TPSA) is 134 Å². The molecule has 1 aromatic heterocycles. The first-order chi connectivity index (χ1) is 12.6. The highest BCUT2D eigenvalue weighted by atomic mass is 19.4. The first-order valence-corrected chi connectivity index (χ1v) is 7.51. The van der Waals surface area contributed by atoms with Gasteiger partial charge in [0.1, 0.15) is 12.2 Å². The summed E-state index contributed by atoms with van der Waals surface area (Å²) in [6, 6.07) is 0. The number of rotatable bonds is 5. The number of carbonyl (C=O) groups is 1. The fourth-order valence-electron chi connectivity index (χ4n) is 2.32. The molecule has 0 saturated carbocycles. The number of aromatic nitrogens is 2. The maximum atomic E-state index is 14.1. The Balaban J connectivity index is 2.19. The molecule has 0 bridgehead atoms. The molecule has 4 atom stereocenters. The zero-order valence-electron chi connectivity index (χ0n) is 13.4. The summed E-state index contributed by atoms with van der Waals surface area (Å²) in [4.78, 5) is 36.1. The maximum Gasteiger partial charge on any atom is 0.471 e. The third-order valence-electron chi connectivity index (χ3n) is 3.68. The van der Waals surface area contributed by atoms with E-state index in [2.05, 4.69) is 0 Å². The van der Waals surface area contributed by atoms with Gasteiger partial charge in [0.2, 0.25) is 0 Å². The van der Waals surface area contributed by atoms with E-state index in [4.69, 9.17) is 9.84 Å². The standard InChI is InChI=1S/C14H15F4N3O6/c15-8-9(23)7(5-22)27-11(8)21-4-6(10(24)20-13(21)26)2-1-3-19-12(25)14(16,17)18/h1-2,4,7-9,11,22-23H,3,5H2,(H,19,25)(H,20,24,26)/b2-1+/t7-,8+,9?,11-/m1/s1. The summed E-state index contributed by atoms with van der Waals surface area (Å²) in [6.07, 6.45) is -8.83. The summed E-state index contributed by atoms with van der Waals surface area (Å²) in [5.74, 6) is -2.17. The molecule has 2 rings (SSSR count). The van der Waals surface area contributed by atoms with E-state index in [1.807, 2.05) is 4.98 Å². The lowest BCUT2D eigenvalue weighted by Gasteiger charge is -2.16. The van der Waals surface area contributed by atoms with Gasteiger partial charge in [0, 0.05) is 12.7 Å². The molecule has 1 unspecified atom stereocenters. The van der Waals surface area contributed by atoms with Crippen LogP contribution in [-0.2, 0) is 9.53 Å². The number of hydrogen-bond acceptors (Lipinski definition) is 6. The van der Waals surface area contributed by atoms with Crippen LogP contribution >= 0.6 is 0 Å². The summed E-state index contributed by atoms with van der Waals surface area (Å²) in [6.45, 7) is -1.27. The maximum absolute atomic E-state index is 14.1. The van der Waals surface area contributed by atoms with Crippen LogP contribution in [0.3, 0.4) is 0 Å². The van der Waals surface area contributed by atoms with Gasteiger partial charge in [0.05, 0.1) is 12.2 Å². The van der Waals surface area contributed by atoms with Gasteiger partial charge in [0.15, 0.2) is 12.4 Å². The van der Waals surface area contributed by atoms with Crippen LogP contribution in [0.1, 0.15) is 11.8 Å². The third-order valence-corrected chi connectivity index (χ3v) is 3.68.